The van der Waals surface area contributed by atoms with Crippen LogP contribution >= 0.6 is 11.8 Å². The summed E-state index contributed by atoms with van der Waals surface area (Å²) in [6, 6.07) is 19.8. The van der Waals surface area contributed by atoms with Gasteiger partial charge in [-0.2, -0.15) is 0 Å². The second-order valence-electron chi connectivity index (χ2n) is 6.04. The molecule has 0 N–H and O–H groups in total. The summed E-state index contributed by atoms with van der Waals surface area (Å²) >= 11 is 1.51. The van der Waals surface area contributed by atoms with Gasteiger partial charge in [-0.3, -0.25) is 4.98 Å². The third kappa shape index (κ3) is 4.78. The number of hydrogen-bond donors (Lipinski definition) is 0. The van der Waals surface area contributed by atoms with Crippen molar-refractivity contribution in [2.45, 2.75) is 17.6 Å². The first-order valence-electron chi connectivity index (χ1n) is 8.72. The van der Waals surface area contributed by atoms with Gasteiger partial charge in [0, 0.05) is 17.5 Å². The molecule has 4 aromatic rings. The van der Waals surface area contributed by atoms with Crippen LogP contribution in [0.3, 0.4) is 0 Å². The van der Waals surface area contributed by atoms with Crippen LogP contribution < -0.4 is 4.74 Å². The van der Waals surface area contributed by atoms with E-state index in [1.165, 1.54) is 23.9 Å². The molecule has 0 saturated heterocycles. The van der Waals surface area contributed by atoms with Gasteiger partial charge in [-0.25, -0.2) is 9.37 Å². The van der Waals surface area contributed by atoms with Crippen molar-refractivity contribution in [1.82, 2.24) is 9.97 Å². The second-order valence-corrected chi connectivity index (χ2v) is 6.97. The van der Waals surface area contributed by atoms with Gasteiger partial charge in [0.25, 0.3) is 5.22 Å². The molecule has 2 aromatic heterocycles. The SMILES string of the molecule is Fc1ccc(-c2cnc(SCc3ccc(OCc4ccccn4)cc3)o2)cc1. The van der Waals surface area contributed by atoms with E-state index in [4.69, 9.17) is 9.15 Å². The predicted octanol–water partition coefficient (Wildman–Crippen LogP) is 5.75. The lowest BCUT2D eigenvalue weighted by Crippen LogP contribution is -1.97. The number of ether oxygens (including phenoxy) is 1. The molecule has 6 heteroatoms. The van der Waals surface area contributed by atoms with Crippen LogP contribution in [0.4, 0.5) is 4.39 Å². The normalized spacial score (nSPS) is 10.8. The Morgan fingerprint density at radius 2 is 1.75 bits per heavy atom. The van der Waals surface area contributed by atoms with E-state index >= 15 is 0 Å². The van der Waals surface area contributed by atoms with Crippen molar-refractivity contribution in [3.63, 3.8) is 0 Å². The number of rotatable bonds is 7. The Morgan fingerprint density at radius 3 is 2.50 bits per heavy atom. The van der Waals surface area contributed by atoms with Gasteiger partial charge >= 0.3 is 0 Å². The lowest BCUT2D eigenvalue weighted by molar-refractivity contribution is 0.301. The Hall–Kier alpha value is -3.12. The molecule has 4 nitrogen and oxygen atoms in total. The van der Waals surface area contributed by atoms with Gasteiger partial charge in [0.15, 0.2) is 5.76 Å². The zero-order valence-electron chi connectivity index (χ0n) is 14.9. The molecule has 2 heterocycles. The van der Waals surface area contributed by atoms with Crippen LogP contribution in [-0.4, -0.2) is 9.97 Å². The molecule has 28 heavy (non-hydrogen) atoms. The van der Waals surface area contributed by atoms with Crippen molar-refractivity contribution < 1.29 is 13.5 Å². The minimum atomic E-state index is -0.273. The smallest absolute Gasteiger partial charge is 0.256 e. The van der Waals surface area contributed by atoms with Crippen LogP contribution in [0.1, 0.15) is 11.3 Å². The van der Waals surface area contributed by atoms with Crippen LogP contribution in [0.25, 0.3) is 11.3 Å². The van der Waals surface area contributed by atoms with Crippen molar-refractivity contribution in [3.8, 4) is 17.1 Å². The fourth-order valence-electron chi connectivity index (χ4n) is 2.54. The van der Waals surface area contributed by atoms with Gasteiger partial charge in [0.1, 0.15) is 18.2 Å². The second kappa shape index (κ2) is 8.71. The van der Waals surface area contributed by atoms with Crippen molar-refractivity contribution in [2.75, 3.05) is 0 Å². The number of aromatic nitrogens is 2. The van der Waals surface area contributed by atoms with Gasteiger partial charge < -0.3 is 9.15 Å². The largest absolute Gasteiger partial charge is 0.487 e. The molecule has 0 bridgehead atoms. The number of benzene rings is 2. The van der Waals surface area contributed by atoms with Crippen molar-refractivity contribution in [3.05, 3.63) is 96.2 Å². The molecule has 0 aliphatic carbocycles. The molecule has 140 valence electrons. The molecule has 0 amide bonds. The number of thioether (sulfide) groups is 1. The Morgan fingerprint density at radius 1 is 0.929 bits per heavy atom. The highest BCUT2D eigenvalue weighted by Gasteiger charge is 2.08. The Balaban J connectivity index is 1.31. The summed E-state index contributed by atoms with van der Waals surface area (Å²) in [7, 11) is 0. The van der Waals surface area contributed by atoms with Crippen molar-refractivity contribution >= 4 is 11.8 Å². The molecule has 0 aliphatic heterocycles. The van der Waals surface area contributed by atoms with Crippen LogP contribution in [0.5, 0.6) is 5.75 Å². The van der Waals surface area contributed by atoms with E-state index in [1.54, 1.807) is 24.5 Å². The van der Waals surface area contributed by atoms with E-state index in [0.29, 0.717) is 17.6 Å². The Kier molecular flexibility index (Phi) is 5.68. The van der Waals surface area contributed by atoms with Gasteiger partial charge in [-0.1, -0.05) is 30.0 Å². The standard InChI is InChI=1S/C22H17FN2O2S/c23-18-8-6-17(7-9-18)21-13-25-22(27-21)28-15-16-4-10-20(11-5-16)26-14-19-3-1-2-12-24-19/h1-13H,14-15H2. The van der Waals surface area contributed by atoms with Gasteiger partial charge in [-0.05, 0) is 54.1 Å². The predicted molar refractivity (Wildman–Crippen MR) is 106 cm³/mol. The number of nitrogens with zero attached hydrogens (tertiary/aromatic N) is 2. The van der Waals surface area contributed by atoms with E-state index < -0.39 is 0 Å². The highest BCUT2D eigenvalue weighted by atomic mass is 32.2. The minimum Gasteiger partial charge on any atom is -0.487 e. The fourth-order valence-corrected chi connectivity index (χ4v) is 3.30. The molecular weight excluding hydrogens is 375 g/mol. The lowest BCUT2D eigenvalue weighted by atomic mass is 10.2. The van der Waals surface area contributed by atoms with E-state index in [0.717, 1.165) is 28.3 Å². The molecular formula is C22H17FN2O2S. The first-order valence-corrected chi connectivity index (χ1v) is 9.71. The van der Waals surface area contributed by atoms with Crippen LogP contribution in [0.2, 0.25) is 0 Å². The fraction of sp³-hybridized carbons (Fsp3) is 0.0909. The topological polar surface area (TPSA) is 48.2 Å². The third-order valence-corrected chi connectivity index (χ3v) is 4.93. The van der Waals surface area contributed by atoms with Crippen LogP contribution in [0.15, 0.2) is 88.8 Å². The van der Waals surface area contributed by atoms with E-state index in [9.17, 15) is 4.39 Å². The molecule has 0 aliphatic rings. The average molecular weight is 392 g/mol. The van der Waals surface area contributed by atoms with Crippen LogP contribution in [-0.2, 0) is 12.4 Å². The Bertz CT molecular complexity index is 1020. The average Bonchev–Trinajstić information content (AvgIpc) is 3.22. The minimum absolute atomic E-state index is 0.273. The zero-order chi connectivity index (χ0) is 19.2. The number of hydrogen-bond acceptors (Lipinski definition) is 5. The summed E-state index contributed by atoms with van der Waals surface area (Å²) < 4.78 is 24.5. The summed E-state index contributed by atoms with van der Waals surface area (Å²) in [6.07, 6.45) is 3.41. The Labute approximate surface area is 166 Å². The van der Waals surface area contributed by atoms with Crippen molar-refractivity contribution in [2.24, 2.45) is 0 Å². The molecule has 0 unspecified atom stereocenters. The molecule has 2 aromatic carbocycles. The third-order valence-electron chi connectivity index (χ3n) is 4.01. The van der Waals surface area contributed by atoms with E-state index in [2.05, 4.69) is 9.97 Å². The van der Waals surface area contributed by atoms with Gasteiger partial charge in [0.05, 0.1) is 11.9 Å². The first-order chi connectivity index (χ1) is 13.8. The zero-order valence-corrected chi connectivity index (χ0v) is 15.7. The summed E-state index contributed by atoms with van der Waals surface area (Å²) in [5, 5.41) is 0.579. The van der Waals surface area contributed by atoms with Crippen molar-refractivity contribution in [1.29, 1.82) is 0 Å². The quantitative estimate of drug-likeness (QED) is 0.375. The molecule has 4 rings (SSSR count). The molecule has 0 spiro atoms. The summed E-state index contributed by atoms with van der Waals surface area (Å²) in [6.45, 7) is 0.442. The van der Waals surface area contributed by atoms with Gasteiger partial charge in [-0.15, -0.1) is 0 Å². The first kappa shape index (κ1) is 18.3. The van der Waals surface area contributed by atoms with Crippen LogP contribution in [0, 0.1) is 5.82 Å². The number of oxazole rings is 1. The van der Waals surface area contributed by atoms with E-state index in [1.807, 2.05) is 42.5 Å². The summed E-state index contributed by atoms with van der Waals surface area (Å²) in [5.41, 5.74) is 2.83. The maximum absolute atomic E-state index is 13.0. The number of halogens is 1. The lowest BCUT2D eigenvalue weighted by Gasteiger charge is -2.06. The maximum Gasteiger partial charge on any atom is 0.256 e. The highest BCUT2D eigenvalue weighted by Crippen LogP contribution is 2.28. The molecule has 0 fully saturated rings. The molecule has 0 saturated carbocycles. The molecule has 0 atom stereocenters. The summed E-state index contributed by atoms with van der Waals surface area (Å²) in [4.78, 5) is 8.52. The van der Waals surface area contributed by atoms with E-state index in [-0.39, 0.29) is 5.82 Å². The summed E-state index contributed by atoms with van der Waals surface area (Å²) in [5.74, 6) is 1.88. The molecule has 0 radical (unpaired) electrons. The maximum atomic E-state index is 13.0. The number of pyridine rings is 1. The monoisotopic (exact) mass is 392 g/mol. The van der Waals surface area contributed by atoms with Gasteiger partial charge in [0.2, 0.25) is 0 Å². The highest BCUT2D eigenvalue weighted by molar-refractivity contribution is 7.98.